The largest absolute Gasteiger partial charge is 0.368 e. The van der Waals surface area contributed by atoms with Crippen LogP contribution in [0.4, 0.5) is 0 Å². The standard InChI is InChI=1S/C14H24O2S4/c1-10-16-9-12(19-10)8-14-18-6-3-11(20-14)7-13-15-4-2-5-17-13/h10-14H,2-9H2,1H3. The molecular formula is C14H24O2S4. The second-order valence-electron chi connectivity index (χ2n) is 5.50. The molecule has 3 aliphatic rings. The molecule has 5 unspecified atom stereocenters. The Morgan fingerprint density at radius 2 is 1.95 bits per heavy atom. The highest BCUT2D eigenvalue weighted by molar-refractivity contribution is 8.17. The topological polar surface area (TPSA) is 18.5 Å². The van der Waals surface area contributed by atoms with Gasteiger partial charge in [-0.25, -0.2) is 0 Å². The van der Waals surface area contributed by atoms with Gasteiger partial charge in [0.05, 0.1) is 11.2 Å². The van der Waals surface area contributed by atoms with Gasteiger partial charge in [0, 0.05) is 17.1 Å². The Morgan fingerprint density at radius 1 is 1.00 bits per heavy atom. The Labute approximate surface area is 139 Å². The van der Waals surface area contributed by atoms with Crippen molar-refractivity contribution in [1.82, 2.24) is 0 Å². The SMILES string of the molecule is CC1OCC(CC2SCCC(CC3OCCCS3)S2)S1. The first-order chi connectivity index (χ1) is 9.79. The molecule has 6 heteroatoms. The van der Waals surface area contributed by atoms with Crippen molar-refractivity contribution in [1.29, 1.82) is 0 Å². The van der Waals surface area contributed by atoms with Crippen LogP contribution >= 0.6 is 47.0 Å². The molecule has 0 N–H and O–H groups in total. The molecule has 116 valence electrons. The summed E-state index contributed by atoms with van der Waals surface area (Å²) in [4.78, 5) is 0. The highest BCUT2D eigenvalue weighted by Crippen LogP contribution is 2.44. The van der Waals surface area contributed by atoms with Crippen LogP contribution in [0.25, 0.3) is 0 Å². The summed E-state index contributed by atoms with van der Waals surface area (Å²) in [6.45, 7) is 4.10. The molecule has 0 amide bonds. The van der Waals surface area contributed by atoms with E-state index >= 15 is 0 Å². The molecular weight excluding hydrogens is 328 g/mol. The van der Waals surface area contributed by atoms with E-state index in [-0.39, 0.29) is 0 Å². The number of rotatable bonds is 4. The molecule has 5 atom stereocenters. The molecule has 3 saturated heterocycles. The fourth-order valence-electron chi connectivity index (χ4n) is 2.77. The Morgan fingerprint density at radius 3 is 2.70 bits per heavy atom. The lowest BCUT2D eigenvalue weighted by Crippen LogP contribution is -2.26. The van der Waals surface area contributed by atoms with Crippen LogP contribution in [0, 0.1) is 0 Å². The minimum absolute atomic E-state index is 0.404. The maximum absolute atomic E-state index is 5.88. The van der Waals surface area contributed by atoms with E-state index in [0.29, 0.717) is 16.1 Å². The lowest BCUT2D eigenvalue weighted by Gasteiger charge is -2.32. The highest BCUT2D eigenvalue weighted by Gasteiger charge is 2.31. The molecule has 0 saturated carbocycles. The first-order valence-corrected chi connectivity index (χ1v) is 11.6. The summed E-state index contributed by atoms with van der Waals surface area (Å²) in [5.41, 5.74) is 0.871. The van der Waals surface area contributed by atoms with Gasteiger partial charge in [0.2, 0.25) is 0 Å². The summed E-state index contributed by atoms with van der Waals surface area (Å²) in [5.74, 6) is 2.61. The van der Waals surface area contributed by atoms with Gasteiger partial charge in [-0.15, -0.1) is 47.0 Å². The maximum Gasteiger partial charge on any atom is 0.104 e. The number of hydrogen-bond acceptors (Lipinski definition) is 6. The molecule has 3 rings (SSSR count). The van der Waals surface area contributed by atoms with Crippen molar-refractivity contribution in [3.05, 3.63) is 0 Å². The third-order valence-corrected chi connectivity index (χ3v) is 9.34. The molecule has 2 nitrogen and oxygen atoms in total. The molecule has 20 heavy (non-hydrogen) atoms. The first kappa shape index (κ1) is 16.2. The summed E-state index contributed by atoms with van der Waals surface area (Å²) in [7, 11) is 0. The van der Waals surface area contributed by atoms with Gasteiger partial charge >= 0.3 is 0 Å². The van der Waals surface area contributed by atoms with Crippen LogP contribution in [0.5, 0.6) is 0 Å². The van der Waals surface area contributed by atoms with E-state index in [9.17, 15) is 0 Å². The molecule has 0 aromatic heterocycles. The molecule has 0 aromatic carbocycles. The molecule has 0 aromatic rings. The van der Waals surface area contributed by atoms with E-state index in [4.69, 9.17) is 9.47 Å². The summed E-state index contributed by atoms with van der Waals surface area (Å²) < 4.78 is 12.3. The van der Waals surface area contributed by atoms with E-state index in [1.165, 1.54) is 37.2 Å². The summed E-state index contributed by atoms with van der Waals surface area (Å²) in [6.07, 6.45) is 5.14. The Bertz CT molecular complexity index is 286. The smallest absolute Gasteiger partial charge is 0.104 e. The van der Waals surface area contributed by atoms with Crippen LogP contribution in [-0.4, -0.2) is 50.7 Å². The highest BCUT2D eigenvalue weighted by atomic mass is 32.2. The fraction of sp³-hybridized carbons (Fsp3) is 1.00. The predicted molar refractivity (Wildman–Crippen MR) is 95.1 cm³/mol. The number of hydrogen-bond donors (Lipinski definition) is 0. The van der Waals surface area contributed by atoms with Crippen LogP contribution in [0.15, 0.2) is 0 Å². The third-order valence-electron chi connectivity index (χ3n) is 3.80. The van der Waals surface area contributed by atoms with Crippen molar-refractivity contribution in [3.63, 3.8) is 0 Å². The van der Waals surface area contributed by atoms with Crippen LogP contribution in [0.2, 0.25) is 0 Å². The van der Waals surface area contributed by atoms with Gasteiger partial charge in [-0.05, 0) is 44.1 Å². The van der Waals surface area contributed by atoms with Crippen molar-refractivity contribution in [2.24, 2.45) is 0 Å². The van der Waals surface area contributed by atoms with Crippen LogP contribution in [0.1, 0.15) is 32.6 Å². The normalized spacial score (nSPS) is 42.8. The molecule has 0 spiro atoms. The first-order valence-electron chi connectivity index (χ1n) is 7.57. The van der Waals surface area contributed by atoms with Gasteiger partial charge in [-0.1, -0.05) is 0 Å². The molecule has 0 aliphatic carbocycles. The molecule has 0 bridgehead atoms. The monoisotopic (exact) mass is 352 g/mol. The van der Waals surface area contributed by atoms with Gasteiger partial charge < -0.3 is 9.47 Å². The van der Waals surface area contributed by atoms with Gasteiger partial charge in [0.15, 0.2) is 0 Å². The zero-order chi connectivity index (χ0) is 13.8. The van der Waals surface area contributed by atoms with Gasteiger partial charge in [-0.3, -0.25) is 0 Å². The van der Waals surface area contributed by atoms with Crippen molar-refractivity contribution < 1.29 is 9.47 Å². The summed E-state index contributed by atoms with van der Waals surface area (Å²) >= 11 is 8.42. The zero-order valence-corrected chi connectivity index (χ0v) is 15.3. The van der Waals surface area contributed by atoms with Gasteiger partial charge in [0.1, 0.15) is 10.9 Å². The van der Waals surface area contributed by atoms with Crippen LogP contribution in [0.3, 0.4) is 0 Å². The number of thioether (sulfide) groups is 4. The van der Waals surface area contributed by atoms with Gasteiger partial charge in [-0.2, -0.15) is 0 Å². The van der Waals surface area contributed by atoms with Crippen molar-refractivity contribution >= 4 is 47.0 Å². The molecule has 3 heterocycles. The minimum atomic E-state index is 0.404. The van der Waals surface area contributed by atoms with Crippen LogP contribution in [-0.2, 0) is 9.47 Å². The Balaban J connectivity index is 1.41. The summed E-state index contributed by atoms with van der Waals surface area (Å²) in [5, 5.41) is 1.52. The van der Waals surface area contributed by atoms with Crippen molar-refractivity contribution in [3.8, 4) is 0 Å². The zero-order valence-electron chi connectivity index (χ0n) is 12.0. The Kier molecular flexibility index (Phi) is 6.68. The molecule has 3 fully saturated rings. The quantitative estimate of drug-likeness (QED) is 0.746. The van der Waals surface area contributed by atoms with Crippen LogP contribution < -0.4 is 0 Å². The third kappa shape index (κ3) is 4.92. The molecule has 3 aliphatic heterocycles. The fourth-order valence-corrected chi connectivity index (χ4v) is 8.99. The van der Waals surface area contributed by atoms with E-state index < -0.39 is 0 Å². The molecule has 0 radical (unpaired) electrons. The average molecular weight is 353 g/mol. The second-order valence-corrected chi connectivity index (χ2v) is 11.5. The van der Waals surface area contributed by atoms with E-state index in [2.05, 4.69) is 30.4 Å². The lowest BCUT2D eigenvalue weighted by molar-refractivity contribution is 0.0999. The summed E-state index contributed by atoms with van der Waals surface area (Å²) in [6, 6.07) is 0. The number of ether oxygens (including phenoxy) is 2. The predicted octanol–water partition coefficient (Wildman–Crippen LogP) is 4.29. The van der Waals surface area contributed by atoms with E-state index in [1.54, 1.807) is 0 Å². The van der Waals surface area contributed by atoms with Crippen molar-refractivity contribution in [2.45, 2.75) is 58.6 Å². The average Bonchev–Trinajstić information content (AvgIpc) is 2.86. The maximum atomic E-state index is 5.88. The lowest BCUT2D eigenvalue weighted by atomic mass is 10.2. The second kappa shape index (κ2) is 8.25. The van der Waals surface area contributed by atoms with Gasteiger partial charge in [0.25, 0.3) is 0 Å². The Hall–Kier alpha value is 1.32. The minimum Gasteiger partial charge on any atom is -0.368 e. The van der Waals surface area contributed by atoms with E-state index in [1.807, 2.05) is 23.5 Å². The van der Waals surface area contributed by atoms with Crippen molar-refractivity contribution in [2.75, 3.05) is 24.7 Å². The van der Waals surface area contributed by atoms with E-state index in [0.717, 1.165) is 23.0 Å².